The Morgan fingerprint density at radius 1 is 1.17 bits per heavy atom. The molecule has 7 nitrogen and oxygen atoms in total. The molecule has 4 rings (SSSR count). The number of halogens is 3. The minimum absolute atomic E-state index is 0.00975. The van der Waals surface area contributed by atoms with Crippen LogP contribution in [0.25, 0.3) is 16.6 Å². The van der Waals surface area contributed by atoms with E-state index in [2.05, 4.69) is 15.5 Å². The number of hydrogen-bond acceptors (Lipinski definition) is 6. The van der Waals surface area contributed by atoms with Gasteiger partial charge in [-0.15, -0.1) is 0 Å². The van der Waals surface area contributed by atoms with Crippen LogP contribution in [0.2, 0.25) is 0 Å². The Kier molecular flexibility index (Phi) is 4.90. The smallest absolute Gasteiger partial charge is 0.416 e. The molecule has 2 aromatic heterocycles. The molecular formula is C20H15F3N4O3. The van der Waals surface area contributed by atoms with E-state index in [4.69, 9.17) is 9.26 Å². The summed E-state index contributed by atoms with van der Waals surface area (Å²) >= 11 is 0. The van der Waals surface area contributed by atoms with Crippen molar-refractivity contribution in [3.63, 3.8) is 0 Å². The van der Waals surface area contributed by atoms with Crippen LogP contribution in [0.4, 0.5) is 19.0 Å². The van der Waals surface area contributed by atoms with Crippen molar-refractivity contribution in [3.05, 3.63) is 76.5 Å². The van der Waals surface area contributed by atoms with E-state index in [1.807, 2.05) is 0 Å². The first-order valence-corrected chi connectivity index (χ1v) is 8.79. The van der Waals surface area contributed by atoms with E-state index >= 15 is 0 Å². The van der Waals surface area contributed by atoms with Crippen LogP contribution in [-0.2, 0) is 12.7 Å². The lowest BCUT2D eigenvalue weighted by Gasteiger charge is -2.18. The number of hydrogen-bond donors (Lipinski definition) is 1. The number of ether oxygens (including phenoxy) is 1. The molecule has 0 bridgehead atoms. The zero-order valence-electron chi connectivity index (χ0n) is 15.6. The first-order valence-electron chi connectivity index (χ1n) is 8.79. The summed E-state index contributed by atoms with van der Waals surface area (Å²) in [6.07, 6.45) is -3.25. The van der Waals surface area contributed by atoms with E-state index in [1.54, 1.807) is 36.4 Å². The maximum absolute atomic E-state index is 13.5. The molecule has 0 radical (unpaired) electrons. The number of fused-ring (bicyclic) bond motifs is 1. The molecule has 0 unspecified atom stereocenters. The number of nitrogens with one attached hydrogen (secondary N) is 1. The number of methoxy groups -OCH3 is 1. The number of nitrogens with zero attached hydrogens (tertiary/aromatic N) is 3. The number of para-hydroxylation sites is 1. The fraction of sp³-hybridized carbons (Fsp3) is 0.150. The summed E-state index contributed by atoms with van der Waals surface area (Å²) < 4.78 is 51.7. The fourth-order valence-electron chi connectivity index (χ4n) is 3.10. The number of aromatic nitrogens is 3. The van der Waals surface area contributed by atoms with Gasteiger partial charge in [0.25, 0.3) is 0 Å². The predicted molar refractivity (Wildman–Crippen MR) is 103 cm³/mol. The van der Waals surface area contributed by atoms with Gasteiger partial charge >= 0.3 is 11.9 Å². The molecule has 2 aromatic carbocycles. The van der Waals surface area contributed by atoms with E-state index in [1.165, 1.54) is 13.4 Å². The first kappa shape index (κ1) is 19.5. The molecule has 154 valence electrons. The highest BCUT2D eigenvalue weighted by molar-refractivity contribution is 5.96. The molecule has 0 saturated carbocycles. The molecule has 0 spiro atoms. The maximum Gasteiger partial charge on any atom is 0.416 e. The van der Waals surface area contributed by atoms with Gasteiger partial charge in [-0.2, -0.15) is 18.2 Å². The lowest BCUT2D eigenvalue weighted by Crippen LogP contribution is -2.24. The van der Waals surface area contributed by atoms with Gasteiger partial charge in [-0.3, -0.25) is 4.57 Å². The number of rotatable bonds is 5. The second-order valence-electron chi connectivity index (χ2n) is 6.33. The Labute approximate surface area is 167 Å². The molecule has 4 aromatic rings. The van der Waals surface area contributed by atoms with E-state index in [0.29, 0.717) is 11.4 Å². The van der Waals surface area contributed by atoms with Gasteiger partial charge in [0.05, 0.1) is 35.8 Å². The van der Waals surface area contributed by atoms with Crippen LogP contribution in [0.5, 0.6) is 5.75 Å². The molecular weight excluding hydrogens is 401 g/mol. The summed E-state index contributed by atoms with van der Waals surface area (Å²) in [5.74, 6) is 0.00964. The van der Waals surface area contributed by atoms with Gasteiger partial charge in [-0.05, 0) is 24.3 Å². The molecule has 0 aliphatic carbocycles. The molecule has 0 saturated heterocycles. The second-order valence-corrected chi connectivity index (χ2v) is 6.33. The van der Waals surface area contributed by atoms with Crippen LogP contribution in [0.3, 0.4) is 0 Å². The quantitative estimate of drug-likeness (QED) is 0.529. The summed E-state index contributed by atoms with van der Waals surface area (Å²) in [5.41, 5.74) is -0.759. The summed E-state index contributed by atoms with van der Waals surface area (Å²) in [7, 11) is 1.26. The van der Waals surface area contributed by atoms with Crippen LogP contribution >= 0.6 is 0 Å². The highest BCUT2D eigenvalue weighted by Crippen LogP contribution is 2.38. The Hall–Kier alpha value is -3.82. The van der Waals surface area contributed by atoms with E-state index < -0.39 is 17.4 Å². The first-order chi connectivity index (χ1) is 14.4. The van der Waals surface area contributed by atoms with E-state index in [0.717, 1.165) is 16.7 Å². The van der Waals surface area contributed by atoms with Crippen molar-refractivity contribution in [1.82, 2.24) is 14.7 Å². The van der Waals surface area contributed by atoms with Gasteiger partial charge in [0.15, 0.2) is 0 Å². The molecule has 0 atom stereocenters. The fourth-order valence-corrected chi connectivity index (χ4v) is 3.10. The third-order valence-corrected chi connectivity index (χ3v) is 4.45. The number of anilines is 1. The molecule has 10 heteroatoms. The molecule has 0 amide bonds. The molecule has 0 fully saturated rings. The van der Waals surface area contributed by atoms with Crippen molar-refractivity contribution in [1.29, 1.82) is 0 Å². The minimum Gasteiger partial charge on any atom is -0.496 e. The summed E-state index contributed by atoms with van der Waals surface area (Å²) in [5, 5.41) is 6.93. The lowest BCUT2D eigenvalue weighted by molar-refractivity contribution is -0.137. The van der Waals surface area contributed by atoms with E-state index in [-0.39, 0.29) is 29.0 Å². The standard InChI is InChI=1S/C20H15F3N4O3/c1-29-16-10-12(20(21,22)23)9-15-17(16)18(24-11-13-7-8-30-26-13)25-19(28)27(15)14-5-3-2-4-6-14/h2-10H,11H2,1H3,(H,24,25,28). The summed E-state index contributed by atoms with van der Waals surface area (Å²) in [6, 6.07) is 11.7. The van der Waals surface area contributed by atoms with Gasteiger partial charge < -0.3 is 14.6 Å². The lowest BCUT2D eigenvalue weighted by atomic mass is 10.1. The third-order valence-electron chi connectivity index (χ3n) is 4.45. The highest BCUT2D eigenvalue weighted by atomic mass is 19.4. The van der Waals surface area contributed by atoms with Crippen molar-refractivity contribution in [3.8, 4) is 11.4 Å². The second kappa shape index (κ2) is 7.54. The van der Waals surface area contributed by atoms with Crippen molar-refractivity contribution in [2.24, 2.45) is 0 Å². The van der Waals surface area contributed by atoms with Crippen molar-refractivity contribution in [2.45, 2.75) is 12.7 Å². The van der Waals surface area contributed by atoms with Crippen molar-refractivity contribution < 1.29 is 22.4 Å². The Balaban J connectivity index is 2.01. The van der Waals surface area contributed by atoms with Gasteiger partial charge in [-0.1, -0.05) is 23.4 Å². The van der Waals surface area contributed by atoms with Crippen molar-refractivity contribution in [2.75, 3.05) is 12.4 Å². The Morgan fingerprint density at radius 3 is 2.57 bits per heavy atom. The van der Waals surface area contributed by atoms with Gasteiger partial charge in [0, 0.05) is 6.07 Å². The maximum atomic E-state index is 13.5. The predicted octanol–water partition coefficient (Wildman–Crippen LogP) is 4.01. The monoisotopic (exact) mass is 416 g/mol. The van der Waals surface area contributed by atoms with Crippen LogP contribution in [0.15, 0.2) is 64.1 Å². The van der Waals surface area contributed by atoms with Gasteiger partial charge in [0.2, 0.25) is 0 Å². The van der Waals surface area contributed by atoms with Crippen LogP contribution < -0.4 is 15.7 Å². The average Bonchev–Trinajstić information content (AvgIpc) is 3.24. The largest absolute Gasteiger partial charge is 0.496 e. The van der Waals surface area contributed by atoms with Crippen molar-refractivity contribution >= 4 is 16.7 Å². The molecule has 1 N–H and O–H groups in total. The molecule has 0 aliphatic rings. The topological polar surface area (TPSA) is 82.2 Å². The SMILES string of the molecule is COc1cc(C(F)(F)F)cc2c1c(NCc1ccon1)nc(=O)n2-c1ccccc1. The van der Waals surface area contributed by atoms with Gasteiger partial charge in [0.1, 0.15) is 23.5 Å². The average molecular weight is 416 g/mol. The normalized spacial score (nSPS) is 11.6. The van der Waals surface area contributed by atoms with Crippen LogP contribution in [0, 0.1) is 0 Å². The minimum atomic E-state index is -4.63. The van der Waals surface area contributed by atoms with Gasteiger partial charge in [-0.25, -0.2) is 4.79 Å². The summed E-state index contributed by atoms with van der Waals surface area (Å²) in [6.45, 7) is 0.150. The number of benzene rings is 2. The third kappa shape index (κ3) is 3.59. The van der Waals surface area contributed by atoms with Crippen LogP contribution in [-0.4, -0.2) is 21.8 Å². The molecule has 0 aliphatic heterocycles. The zero-order chi connectivity index (χ0) is 21.3. The molecule has 2 heterocycles. The molecule has 30 heavy (non-hydrogen) atoms. The zero-order valence-corrected chi connectivity index (χ0v) is 15.6. The highest BCUT2D eigenvalue weighted by Gasteiger charge is 2.33. The van der Waals surface area contributed by atoms with E-state index in [9.17, 15) is 18.0 Å². The number of alkyl halides is 3. The summed E-state index contributed by atoms with van der Waals surface area (Å²) in [4.78, 5) is 16.9. The van der Waals surface area contributed by atoms with Crippen LogP contribution in [0.1, 0.15) is 11.3 Å². The Morgan fingerprint density at radius 2 is 1.93 bits per heavy atom. The Bertz CT molecular complexity index is 1240.